The molecule has 0 aliphatic carbocycles. The summed E-state index contributed by atoms with van der Waals surface area (Å²) in [6.07, 6.45) is -0.577. The molecule has 0 unspecified atom stereocenters. The van der Waals surface area contributed by atoms with Crippen LogP contribution in [0.3, 0.4) is 0 Å². The number of nitrogens with one attached hydrogen (secondary N) is 1. The van der Waals surface area contributed by atoms with Crippen molar-refractivity contribution in [2.45, 2.75) is 24.9 Å². The zero-order chi connectivity index (χ0) is 16.8. The molecular formula is C15H17F3N2O2S. The molecule has 0 spiro atoms. The van der Waals surface area contributed by atoms with Gasteiger partial charge in [0, 0.05) is 30.2 Å². The smallest absolute Gasteiger partial charge is 0.361 e. The Hall–Kier alpha value is -1.54. The molecule has 1 saturated heterocycles. The van der Waals surface area contributed by atoms with Crippen LogP contribution in [0.25, 0.3) is 10.9 Å². The van der Waals surface area contributed by atoms with Crippen molar-refractivity contribution >= 4 is 20.9 Å². The topological polar surface area (TPSA) is 53.2 Å². The van der Waals surface area contributed by atoms with Gasteiger partial charge in [0.15, 0.2) is 0 Å². The van der Waals surface area contributed by atoms with Crippen LogP contribution in [0.5, 0.6) is 0 Å². The molecule has 0 atom stereocenters. The van der Waals surface area contributed by atoms with Gasteiger partial charge in [0.1, 0.15) is 0 Å². The van der Waals surface area contributed by atoms with E-state index >= 15 is 0 Å². The molecule has 2 heterocycles. The molecule has 1 aliphatic rings. The van der Waals surface area contributed by atoms with Crippen molar-refractivity contribution in [1.82, 2.24) is 9.29 Å². The number of alkyl halides is 3. The standard InChI is InChI=1S/C15H17F3N2O2S/c1-23(21,22)20-6-3-10(4-7-20)13-8-11(15(16,17)18)9-14-12(13)2-5-19-14/h2,5,8-10,19H,3-4,6-7H2,1H3. The van der Waals surface area contributed by atoms with Gasteiger partial charge in [-0.3, -0.25) is 0 Å². The summed E-state index contributed by atoms with van der Waals surface area (Å²) in [5.41, 5.74) is 0.428. The Kier molecular flexibility index (Phi) is 3.92. The normalized spacial score (nSPS) is 18.6. The zero-order valence-electron chi connectivity index (χ0n) is 12.5. The molecule has 126 valence electrons. The van der Waals surface area contributed by atoms with Crippen LogP contribution in [-0.2, 0) is 16.2 Å². The molecule has 2 aromatic rings. The molecule has 1 fully saturated rings. The summed E-state index contributed by atoms with van der Waals surface area (Å²) in [7, 11) is -3.25. The van der Waals surface area contributed by atoms with Crippen LogP contribution in [-0.4, -0.2) is 37.1 Å². The first kappa shape index (κ1) is 16.3. The molecule has 0 bridgehead atoms. The van der Waals surface area contributed by atoms with E-state index in [9.17, 15) is 21.6 Å². The summed E-state index contributed by atoms with van der Waals surface area (Å²) < 4.78 is 63.8. The zero-order valence-corrected chi connectivity index (χ0v) is 13.3. The molecule has 3 rings (SSSR count). The monoisotopic (exact) mass is 346 g/mol. The average Bonchev–Trinajstić information content (AvgIpc) is 2.93. The Morgan fingerprint density at radius 3 is 2.43 bits per heavy atom. The van der Waals surface area contributed by atoms with Gasteiger partial charge in [0.2, 0.25) is 10.0 Å². The number of sulfonamides is 1. The molecule has 1 aliphatic heterocycles. The molecule has 1 aromatic carbocycles. The summed E-state index contributed by atoms with van der Waals surface area (Å²) in [5, 5.41) is 0.774. The summed E-state index contributed by atoms with van der Waals surface area (Å²) in [6, 6.07) is 4.09. The van der Waals surface area contributed by atoms with E-state index in [-0.39, 0.29) is 5.92 Å². The summed E-state index contributed by atoms with van der Waals surface area (Å²) in [4.78, 5) is 2.84. The van der Waals surface area contributed by atoms with E-state index < -0.39 is 21.8 Å². The highest BCUT2D eigenvalue weighted by molar-refractivity contribution is 7.88. The average molecular weight is 346 g/mol. The van der Waals surface area contributed by atoms with Crippen molar-refractivity contribution in [3.8, 4) is 0 Å². The first-order valence-corrected chi connectivity index (χ1v) is 9.14. The maximum absolute atomic E-state index is 13.1. The maximum atomic E-state index is 13.1. The van der Waals surface area contributed by atoms with E-state index in [1.54, 1.807) is 12.3 Å². The Morgan fingerprint density at radius 2 is 1.87 bits per heavy atom. The maximum Gasteiger partial charge on any atom is 0.416 e. The molecule has 0 amide bonds. The fourth-order valence-electron chi connectivity index (χ4n) is 3.20. The van der Waals surface area contributed by atoms with Gasteiger partial charge in [-0.05, 0) is 42.5 Å². The third kappa shape index (κ3) is 3.23. The van der Waals surface area contributed by atoms with E-state index in [2.05, 4.69) is 4.98 Å². The van der Waals surface area contributed by atoms with Gasteiger partial charge >= 0.3 is 6.18 Å². The second-order valence-electron chi connectivity index (χ2n) is 5.94. The lowest BCUT2D eigenvalue weighted by molar-refractivity contribution is -0.137. The Labute approximate surface area is 132 Å². The SMILES string of the molecule is CS(=O)(=O)N1CCC(c2cc(C(F)(F)F)cc3[nH]ccc23)CC1. The highest BCUT2D eigenvalue weighted by Gasteiger charge is 2.33. The second kappa shape index (κ2) is 5.52. The van der Waals surface area contributed by atoms with Crippen molar-refractivity contribution < 1.29 is 21.6 Å². The van der Waals surface area contributed by atoms with Crippen LogP contribution in [0.2, 0.25) is 0 Å². The van der Waals surface area contributed by atoms with E-state index in [1.165, 1.54) is 10.4 Å². The van der Waals surface area contributed by atoms with Gasteiger partial charge in [-0.15, -0.1) is 0 Å². The summed E-state index contributed by atoms with van der Waals surface area (Å²) in [5.74, 6) is -0.0754. The largest absolute Gasteiger partial charge is 0.416 e. The highest BCUT2D eigenvalue weighted by Crippen LogP contribution is 2.38. The predicted octanol–water partition coefficient (Wildman–Crippen LogP) is 3.33. The molecule has 4 nitrogen and oxygen atoms in total. The van der Waals surface area contributed by atoms with Crippen molar-refractivity contribution in [1.29, 1.82) is 0 Å². The van der Waals surface area contributed by atoms with Crippen molar-refractivity contribution in [2.24, 2.45) is 0 Å². The number of nitrogens with zero attached hydrogens (tertiary/aromatic N) is 1. The molecular weight excluding hydrogens is 329 g/mol. The number of benzene rings is 1. The number of rotatable bonds is 2. The van der Waals surface area contributed by atoms with Crippen LogP contribution in [0, 0.1) is 0 Å². The minimum absolute atomic E-state index is 0.0754. The predicted molar refractivity (Wildman–Crippen MR) is 81.7 cm³/mol. The third-order valence-electron chi connectivity index (χ3n) is 4.39. The van der Waals surface area contributed by atoms with Crippen LogP contribution in [0.4, 0.5) is 13.2 Å². The second-order valence-corrected chi connectivity index (χ2v) is 7.92. The number of H-pyrrole nitrogens is 1. The Bertz CT molecular complexity index is 819. The van der Waals surface area contributed by atoms with E-state index in [4.69, 9.17) is 0 Å². The number of piperidine rings is 1. The highest BCUT2D eigenvalue weighted by atomic mass is 32.2. The number of fused-ring (bicyclic) bond motifs is 1. The number of hydrogen-bond acceptors (Lipinski definition) is 2. The number of hydrogen-bond donors (Lipinski definition) is 1. The first-order valence-electron chi connectivity index (χ1n) is 7.29. The molecule has 8 heteroatoms. The molecule has 1 aromatic heterocycles. The Balaban J connectivity index is 1.95. The quantitative estimate of drug-likeness (QED) is 0.907. The van der Waals surface area contributed by atoms with Crippen LogP contribution in [0.15, 0.2) is 24.4 Å². The summed E-state index contributed by atoms with van der Waals surface area (Å²) >= 11 is 0. The molecule has 1 N–H and O–H groups in total. The molecule has 0 radical (unpaired) electrons. The van der Waals surface area contributed by atoms with Gasteiger partial charge in [0.05, 0.1) is 11.8 Å². The van der Waals surface area contributed by atoms with Crippen LogP contribution >= 0.6 is 0 Å². The van der Waals surface area contributed by atoms with Gasteiger partial charge < -0.3 is 4.98 Å². The van der Waals surface area contributed by atoms with Crippen LogP contribution < -0.4 is 0 Å². The third-order valence-corrected chi connectivity index (χ3v) is 5.69. The van der Waals surface area contributed by atoms with E-state index in [0.29, 0.717) is 37.0 Å². The van der Waals surface area contributed by atoms with Gasteiger partial charge in [-0.1, -0.05) is 0 Å². The minimum atomic E-state index is -4.40. The lowest BCUT2D eigenvalue weighted by atomic mass is 9.87. The molecule has 0 saturated carbocycles. The summed E-state index contributed by atoms with van der Waals surface area (Å²) in [6.45, 7) is 0.678. The number of aromatic amines is 1. The van der Waals surface area contributed by atoms with Crippen molar-refractivity contribution in [2.75, 3.05) is 19.3 Å². The van der Waals surface area contributed by atoms with Gasteiger partial charge in [-0.2, -0.15) is 13.2 Å². The van der Waals surface area contributed by atoms with E-state index in [0.717, 1.165) is 17.7 Å². The van der Waals surface area contributed by atoms with Gasteiger partial charge in [-0.25, -0.2) is 12.7 Å². The first-order chi connectivity index (χ1) is 10.7. The van der Waals surface area contributed by atoms with E-state index in [1.807, 2.05) is 0 Å². The van der Waals surface area contributed by atoms with Crippen LogP contribution in [0.1, 0.15) is 29.9 Å². The number of halogens is 3. The molecule has 23 heavy (non-hydrogen) atoms. The minimum Gasteiger partial charge on any atom is -0.361 e. The fraction of sp³-hybridized carbons (Fsp3) is 0.467. The van der Waals surface area contributed by atoms with Crippen molar-refractivity contribution in [3.05, 3.63) is 35.5 Å². The lowest BCUT2D eigenvalue weighted by Gasteiger charge is -2.31. The Morgan fingerprint density at radius 1 is 1.22 bits per heavy atom. The fourth-order valence-corrected chi connectivity index (χ4v) is 4.07. The number of aromatic nitrogens is 1. The van der Waals surface area contributed by atoms with Crippen molar-refractivity contribution in [3.63, 3.8) is 0 Å². The lowest BCUT2D eigenvalue weighted by Crippen LogP contribution is -2.37. The van der Waals surface area contributed by atoms with Gasteiger partial charge in [0.25, 0.3) is 0 Å².